The molecule has 3 aliphatic rings. The Labute approximate surface area is 502 Å². The van der Waals surface area contributed by atoms with Gasteiger partial charge in [-0.15, -0.1) is 10.2 Å². The molecular weight excluding hydrogens is 1100 g/mol. The van der Waals surface area contributed by atoms with Crippen molar-refractivity contribution >= 4 is 49.8 Å². The first kappa shape index (κ1) is 57.4. The lowest BCUT2D eigenvalue weighted by molar-refractivity contribution is 0.221. The molecule has 0 saturated carbocycles. The van der Waals surface area contributed by atoms with Crippen molar-refractivity contribution in [1.29, 1.82) is 0 Å². The molecule has 17 nitrogen and oxygen atoms in total. The van der Waals surface area contributed by atoms with Crippen LogP contribution in [-0.2, 0) is 0 Å². The van der Waals surface area contributed by atoms with Crippen molar-refractivity contribution in [3.63, 3.8) is 0 Å². The summed E-state index contributed by atoms with van der Waals surface area (Å²) in [6.45, 7) is 21.2. The molecule has 3 aromatic carbocycles. The Hall–Kier alpha value is -8.72. The van der Waals surface area contributed by atoms with Gasteiger partial charge < -0.3 is 15.1 Å². The second-order valence-electron chi connectivity index (χ2n) is 23.9. The monoisotopic (exact) mass is 1170 g/mol. The number of hydrogen-bond donors (Lipinski definition) is 1. The number of benzene rings is 3. The summed E-state index contributed by atoms with van der Waals surface area (Å²) >= 11 is 0. The minimum absolute atomic E-state index is 0.230. The predicted molar refractivity (Wildman–Crippen MR) is 333 cm³/mol. The van der Waals surface area contributed by atoms with E-state index in [1.807, 2.05) is 103 Å². The maximum absolute atomic E-state index is 15.1. The van der Waals surface area contributed by atoms with Gasteiger partial charge in [0.15, 0.2) is 28.6 Å². The van der Waals surface area contributed by atoms with E-state index in [0.29, 0.717) is 45.5 Å². The van der Waals surface area contributed by atoms with Gasteiger partial charge in [-0.25, -0.2) is 56.6 Å². The van der Waals surface area contributed by atoms with Gasteiger partial charge in [-0.1, -0.05) is 19.1 Å². The number of likely N-dealkylation sites (tertiary alicyclic amines) is 2. The maximum Gasteiger partial charge on any atom is 0.156 e. The largest absolute Gasteiger partial charge is 0.317 e. The van der Waals surface area contributed by atoms with Crippen molar-refractivity contribution < 1.29 is 13.2 Å². The van der Waals surface area contributed by atoms with Crippen LogP contribution >= 0.6 is 0 Å². The van der Waals surface area contributed by atoms with E-state index in [4.69, 9.17) is 9.97 Å². The quantitative estimate of drug-likeness (QED) is 0.160. The highest BCUT2D eigenvalue weighted by atomic mass is 19.1. The maximum atomic E-state index is 15.1. The van der Waals surface area contributed by atoms with Crippen LogP contribution in [0.25, 0.3) is 83.6 Å². The van der Waals surface area contributed by atoms with E-state index in [1.54, 1.807) is 31.7 Å². The van der Waals surface area contributed by atoms with Gasteiger partial charge in [-0.3, -0.25) is 0 Å². The standard InChI is InChI=1S/C24H26FN5.C23H24FN5.C20H20FN7/c1-4-29-9-7-17(8-10-29)21-6-5-18-12-19(13-20(25)23(18)27-21)22-11-15(2)24-26-16(3)14-30(24)28-22;1-14-10-21(27-29-13-15(2)25-23(14)29)18-11-17-4-5-20(26-22(17)19(24)12-18)16-6-8-28(3)9-7-16;1-11-7-16(27-28-10-12(2)23-20(11)28)14-8-15(21)18-17(9-14)25-26-19(24-18)13-3-5-22-6-4-13/h5-6,11-14,17H,4,7-10H2,1-3H3;4-5,10-13,16H,6-9H2,1-3H3;7-10,13,22H,3-6H2,1-2H3. The summed E-state index contributed by atoms with van der Waals surface area (Å²) in [7, 11) is 2.14. The van der Waals surface area contributed by atoms with Crippen LogP contribution in [0.2, 0.25) is 0 Å². The van der Waals surface area contributed by atoms with Gasteiger partial charge in [0.25, 0.3) is 0 Å². The Morgan fingerprint density at radius 3 is 1.33 bits per heavy atom. The zero-order chi connectivity index (χ0) is 60.2. The first-order chi connectivity index (χ1) is 42.1. The number of nitrogens with zero attached hydrogens (tertiary/aromatic N) is 16. The van der Waals surface area contributed by atoms with Crippen LogP contribution in [0.1, 0.15) is 114 Å². The molecule has 87 heavy (non-hydrogen) atoms. The summed E-state index contributed by atoms with van der Waals surface area (Å²) in [6, 6.07) is 24.3. The fraction of sp³-hybridized carbons (Fsp3) is 0.358. The van der Waals surface area contributed by atoms with Crippen molar-refractivity contribution in [3.05, 3.63) is 166 Å². The predicted octanol–water partition coefficient (Wildman–Crippen LogP) is 12.4. The van der Waals surface area contributed by atoms with Crippen LogP contribution in [0.4, 0.5) is 13.2 Å². The Kier molecular flexibility index (Phi) is 15.7. The summed E-state index contributed by atoms with van der Waals surface area (Å²) in [5.41, 5.74) is 16.1. The molecule has 20 heteroatoms. The average Bonchev–Trinajstić information content (AvgIpc) is 3.32. The summed E-state index contributed by atoms with van der Waals surface area (Å²) in [6.07, 6.45) is 11.8. The molecule has 3 aliphatic heterocycles. The zero-order valence-corrected chi connectivity index (χ0v) is 50.5. The number of halogens is 3. The molecule has 444 valence electrons. The SMILES string of the molecule is CCN1CCC(c2ccc3cc(-c4cc(C)c5nc(C)cn5n4)cc(F)c3n2)CC1.Cc1cn2nc(-c3cc(F)c4nc(C5CCN(C)CC5)ccc4c3)cc(C)c2n1.Cc1cn2nc(-c3cc(F)c4nc(C5CCNCC5)nnc4c3)cc(C)c2n1. The van der Waals surface area contributed by atoms with Crippen LogP contribution in [-0.4, -0.2) is 132 Å². The van der Waals surface area contributed by atoms with E-state index in [9.17, 15) is 4.39 Å². The highest BCUT2D eigenvalue weighted by Gasteiger charge is 2.25. The van der Waals surface area contributed by atoms with E-state index in [0.717, 1.165) is 180 Å². The second-order valence-corrected chi connectivity index (χ2v) is 23.9. The van der Waals surface area contributed by atoms with Crippen LogP contribution in [0, 0.1) is 59.0 Å². The molecule has 1 N–H and O–H groups in total. The molecule has 0 bridgehead atoms. The summed E-state index contributed by atoms with van der Waals surface area (Å²) in [4.78, 5) is 32.1. The van der Waals surface area contributed by atoms with E-state index in [-0.39, 0.29) is 23.1 Å². The number of aryl methyl sites for hydroxylation is 6. The lowest BCUT2D eigenvalue weighted by atomic mass is 9.92. The molecule has 3 fully saturated rings. The molecule has 0 radical (unpaired) electrons. The Balaban J connectivity index is 0.000000121. The number of pyridine rings is 2. The third-order valence-corrected chi connectivity index (χ3v) is 17.4. The molecule has 0 unspecified atom stereocenters. The molecule has 0 atom stereocenters. The van der Waals surface area contributed by atoms with Gasteiger partial charge in [0.05, 0.1) is 52.8 Å². The second kappa shape index (κ2) is 23.9. The number of piperidine rings is 3. The van der Waals surface area contributed by atoms with Crippen LogP contribution in [0.15, 0.2) is 97.5 Å². The lowest BCUT2D eigenvalue weighted by Gasteiger charge is -2.30. The molecule has 9 aromatic heterocycles. The van der Waals surface area contributed by atoms with E-state index < -0.39 is 5.82 Å². The van der Waals surface area contributed by atoms with Crippen LogP contribution in [0.3, 0.4) is 0 Å². The minimum atomic E-state index is -0.404. The number of imidazole rings is 3. The lowest BCUT2D eigenvalue weighted by Crippen LogP contribution is -2.32. The fourth-order valence-corrected chi connectivity index (χ4v) is 12.6. The first-order valence-corrected chi connectivity index (χ1v) is 30.3. The van der Waals surface area contributed by atoms with Crippen molar-refractivity contribution in [2.24, 2.45) is 0 Å². The van der Waals surface area contributed by atoms with Gasteiger partial charge in [0.2, 0.25) is 0 Å². The number of rotatable bonds is 7. The molecule has 3 saturated heterocycles. The van der Waals surface area contributed by atoms with Crippen LogP contribution in [0.5, 0.6) is 0 Å². The molecule has 12 heterocycles. The molecule has 0 aliphatic carbocycles. The fourth-order valence-electron chi connectivity index (χ4n) is 12.6. The third-order valence-electron chi connectivity index (χ3n) is 17.4. The van der Waals surface area contributed by atoms with E-state index >= 15 is 8.78 Å². The van der Waals surface area contributed by atoms with E-state index in [2.05, 4.69) is 86.7 Å². The van der Waals surface area contributed by atoms with Crippen molar-refractivity contribution in [2.45, 2.75) is 105 Å². The van der Waals surface area contributed by atoms with Gasteiger partial charge >= 0.3 is 0 Å². The number of hydrogen-bond acceptors (Lipinski definition) is 14. The molecule has 0 spiro atoms. The highest BCUT2D eigenvalue weighted by Crippen LogP contribution is 2.34. The summed E-state index contributed by atoms with van der Waals surface area (Å²) < 4.78 is 50.3. The highest BCUT2D eigenvalue weighted by molar-refractivity contribution is 5.86. The van der Waals surface area contributed by atoms with Gasteiger partial charge in [-0.05, 0) is 216 Å². The topological polar surface area (TPSA) is 174 Å². The van der Waals surface area contributed by atoms with Gasteiger partial charge in [-0.2, -0.15) is 15.3 Å². The number of nitrogens with one attached hydrogen (secondary N) is 1. The van der Waals surface area contributed by atoms with Gasteiger partial charge in [0, 0.05) is 56.6 Å². The van der Waals surface area contributed by atoms with Crippen molar-refractivity contribution in [3.8, 4) is 33.8 Å². The minimum Gasteiger partial charge on any atom is -0.317 e. The Morgan fingerprint density at radius 2 is 0.885 bits per heavy atom. The number of fused-ring (bicyclic) bond motifs is 6. The summed E-state index contributed by atoms with van der Waals surface area (Å²) in [5.74, 6) is 0.681. The number of aromatic nitrogens is 14. The normalized spacial score (nSPS) is 15.9. The smallest absolute Gasteiger partial charge is 0.156 e. The first-order valence-electron chi connectivity index (χ1n) is 30.3. The van der Waals surface area contributed by atoms with Crippen LogP contribution < -0.4 is 5.32 Å². The molecular formula is C67H70F3N17. The summed E-state index contributed by atoms with van der Waals surface area (Å²) in [5, 5.41) is 27.3. The average molecular weight is 1170 g/mol. The third kappa shape index (κ3) is 11.8. The molecule has 15 rings (SSSR count). The van der Waals surface area contributed by atoms with Crippen molar-refractivity contribution in [1.82, 2.24) is 84.1 Å². The Bertz CT molecular complexity index is 4570. The Morgan fingerprint density at radius 1 is 0.460 bits per heavy atom. The molecule has 12 aromatic rings. The molecule has 0 amide bonds. The van der Waals surface area contributed by atoms with Gasteiger partial charge in [0.1, 0.15) is 33.7 Å². The zero-order valence-electron chi connectivity index (χ0n) is 50.5. The van der Waals surface area contributed by atoms with E-state index in [1.165, 1.54) is 6.07 Å². The van der Waals surface area contributed by atoms with Crippen molar-refractivity contribution in [2.75, 3.05) is 52.9 Å².